The Bertz CT molecular complexity index is 202. The van der Waals surface area contributed by atoms with Crippen LogP contribution in [0.1, 0.15) is 52.4 Å². The molecule has 0 aliphatic heterocycles. The summed E-state index contributed by atoms with van der Waals surface area (Å²) in [6.07, 6.45) is 6.01. The third kappa shape index (κ3) is 6.94. The zero-order chi connectivity index (χ0) is 11.5. The Morgan fingerprint density at radius 3 is 2.40 bits per heavy atom. The quantitative estimate of drug-likeness (QED) is 0.223. The SMILES string of the molecule is CCCCCCCC(=NO)C(=O)OCC. The molecule has 0 unspecified atom stereocenters. The summed E-state index contributed by atoms with van der Waals surface area (Å²) in [7, 11) is 0. The van der Waals surface area contributed by atoms with E-state index >= 15 is 0 Å². The average molecular weight is 215 g/mol. The highest BCUT2D eigenvalue weighted by molar-refractivity contribution is 6.36. The molecule has 0 spiro atoms. The highest BCUT2D eigenvalue weighted by Gasteiger charge is 2.12. The molecule has 0 atom stereocenters. The first-order chi connectivity index (χ1) is 7.26. The van der Waals surface area contributed by atoms with Crippen LogP contribution in [0.4, 0.5) is 0 Å². The van der Waals surface area contributed by atoms with Crippen LogP contribution >= 0.6 is 0 Å². The number of carbonyl (C=O) groups is 1. The molecule has 15 heavy (non-hydrogen) atoms. The van der Waals surface area contributed by atoms with Crippen molar-refractivity contribution in [2.45, 2.75) is 52.4 Å². The number of ether oxygens (including phenoxy) is 1. The van der Waals surface area contributed by atoms with Crippen LogP contribution in [0.15, 0.2) is 5.16 Å². The molecular formula is C11H21NO3. The summed E-state index contributed by atoms with van der Waals surface area (Å²) in [4.78, 5) is 11.2. The lowest BCUT2D eigenvalue weighted by atomic mass is 10.1. The predicted octanol–water partition coefficient (Wildman–Crippen LogP) is 2.74. The van der Waals surface area contributed by atoms with Crippen LogP contribution in [0, 0.1) is 0 Å². The fourth-order valence-corrected chi connectivity index (χ4v) is 1.30. The summed E-state index contributed by atoms with van der Waals surface area (Å²) in [5.41, 5.74) is 0.133. The Morgan fingerprint density at radius 1 is 1.20 bits per heavy atom. The van der Waals surface area contributed by atoms with Crippen molar-refractivity contribution in [2.75, 3.05) is 6.61 Å². The van der Waals surface area contributed by atoms with Gasteiger partial charge < -0.3 is 9.94 Å². The second-order valence-electron chi connectivity index (χ2n) is 3.43. The van der Waals surface area contributed by atoms with Gasteiger partial charge in [0.1, 0.15) is 0 Å². The number of carbonyl (C=O) groups excluding carboxylic acids is 1. The molecule has 0 aliphatic carbocycles. The van der Waals surface area contributed by atoms with Crippen molar-refractivity contribution in [1.29, 1.82) is 0 Å². The lowest BCUT2D eigenvalue weighted by Crippen LogP contribution is -2.17. The summed E-state index contributed by atoms with van der Waals surface area (Å²) in [6.45, 7) is 4.20. The molecule has 0 radical (unpaired) electrons. The minimum Gasteiger partial charge on any atom is -0.461 e. The molecule has 88 valence electrons. The molecule has 0 saturated carbocycles. The number of hydrogen-bond acceptors (Lipinski definition) is 4. The van der Waals surface area contributed by atoms with Gasteiger partial charge in [0.2, 0.25) is 0 Å². The maximum Gasteiger partial charge on any atom is 0.356 e. The van der Waals surface area contributed by atoms with Crippen LogP contribution in [0.3, 0.4) is 0 Å². The molecule has 4 nitrogen and oxygen atoms in total. The van der Waals surface area contributed by atoms with E-state index in [1.165, 1.54) is 12.8 Å². The van der Waals surface area contributed by atoms with Gasteiger partial charge in [0.05, 0.1) is 6.61 Å². The molecule has 0 amide bonds. The van der Waals surface area contributed by atoms with Gasteiger partial charge in [0.15, 0.2) is 5.71 Å². The van der Waals surface area contributed by atoms with E-state index in [2.05, 4.69) is 12.1 Å². The van der Waals surface area contributed by atoms with Crippen molar-refractivity contribution >= 4 is 11.7 Å². The number of oxime groups is 1. The third-order valence-corrected chi connectivity index (χ3v) is 2.15. The van der Waals surface area contributed by atoms with Crippen LogP contribution in [0.2, 0.25) is 0 Å². The Labute approximate surface area is 91.3 Å². The first-order valence-electron chi connectivity index (χ1n) is 5.64. The largest absolute Gasteiger partial charge is 0.461 e. The Morgan fingerprint density at radius 2 is 1.87 bits per heavy atom. The molecule has 0 aromatic rings. The highest BCUT2D eigenvalue weighted by Crippen LogP contribution is 2.06. The summed E-state index contributed by atoms with van der Waals surface area (Å²) in [5.74, 6) is -0.504. The summed E-state index contributed by atoms with van der Waals surface area (Å²) in [5, 5.41) is 11.6. The predicted molar refractivity (Wildman–Crippen MR) is 59.2 cm³/mol. The maximum absolute atomic E-state index is 11.2. The van der Waals surface area contributed by atoms with Gasteiger partial charge in [0.25, 0.3) is 0 Å². The maximum atomic E-state index is 11.2. The van der Waals surface area contributed by atoms with Gasteiger partial charge in [-0.3, -0.25) is 0 Å². The van der Waals surface area contributed by atoms with Crippen molar-refractivity contribution in [2.24, 2.45) is 5.16 Å². The Balaban J connectivity index is 3.67. The zero-order valence-corrected chi connectivity index (χ0v) is 9.66. The fourth-order valence-electron chi connectivity index (χ4n) is 1.30. The second kappa shape index (κ2) is 9.49. The number of unbranched alkanes of at least 4 members (excludes halogenated alkanes) is 4. The van der Waals surface area contributed by atoms with Crippen LogP contribution in [0.5, 0.6) is 0 Å². The normalized spacial score (nSPS) is 11.5. The number of hydrogen-bond donors (Lipinski definition) is 1. The van der Waals surface area contributed by atoms with Gasteiger partial charge in [-0.05, 0) is 13.3 Å². The van der Waals surface area contributed by atoms with E-state index in [9.17, 15) is 4.79 Å². The number of esters is 1. The minimum atomic E-state index is -0.504. The molecule has 0 fully saturated rings. The molecule has 0 aliphatic rings. The van der Waals surface area contributed by atoms with Gasteiger partial charge >= 0.3 is 5.97 Å². The minimum absolute atomic E-state index is 0.133. The van der Waals surface area contributed by atoms with Crippen molar-refractivity contribution < 1.29 is 14.7 Å². The lowest BCUT2D eigenvalue weighted by molar-refractivity contribution is -0.135. The van der Waals surface area contributed by atoms with E-state index < -0.39 is 5.97 Å². The first-order valence-corrected chi connectivity index (χ1v) is 5.64. The van der Waals surface area contributed by atoms with Crippen molar-refractivity contribution in [3.63, 3.8) is 0 Å². The van der Waals surface area contributed by atoms with Gasteiger partial charge in [-0.15, -0.1) is 0 Å². The van der Waals surface area contributed by atoms with E-state index in [1.807, 2.05) is 0 Å². The van der Waals surface area contributed by atoms with Crippen molar-refractivity contribution in [1.82, 2.24) is 0 Å². The molecule has 4 heteroatoms. The smallest absolute Gasteiger partial charge is 0.356 e. The van der Waals surface area contributed by atoms with Gasteiger partial charge in [0, 0.05) is 6.42 Å². The third-order valence-electron chi connectivity index (χ3n) is 2.15. The monoisotopic (exact) mass is 215 g/mol. The number of rotatable bonds is 8. The Hall–Kier alpha value is -1.06. The average Bonchev–Trinajstić information content (AvgIpc) is 2.23. The van der Waals surface area contributed by atoms with Crippen molar-refractivity contribution in [3.05, 3.63) is 0 Å². The van der Waals surface area contributed by atoms with Gasteiger partial charge in [-0.25, -0.2) is 4.79 Å². The molecule has 1 N–H and O–H groups in total. The van der Waals surface area contributed by atoms with E-state index in [0.29, 0.717) is 13.0 Å². The first kappa shape index (κ1) is 13.9. The molecular weight excluding hydrogens is 194 g/mol. The van der Waals surface area contributed by atoms with Gasteiger partial charge in [-0.2, -0.15) is 0 Å². The van der Waals surface area contributed by atoms with Crippen molar-refractivity contribution in [3.8, 4) is 0 Å². The topological polar surface area (TPSA) is 58.9 Å². The fraction of sp³-hybridized carbons (Fsp3) is 0.818. The molecule has 0 aromatic carbocycles. The molecule has 0 heterocycles. The molecule has 0 rings (SSSR count). The zero-order valence-electron chi connectivity index (χ0n) is 9.66. The summed E-state index contributed by atoms with van der Waals surface area (Å²) in [6, 6.07) is 0. The van der Waals surface area contributed by atoms with E-state index in [-0.39, 0.29) is 5.71 Å². The molecule has 0 saturated heterocycles. The van der Waals surface area contributed by atoms with Crippen LogP contribution < -0.4 is 0 Å². The van der Waals surface area contributed by atoms with Crippen LogP contribution in [0.25, 0.3) is 0 Å². The van der Waals surface area contributed by atoms with Crippen LogP contribution in [-0.2, 0) is 9.53 Å². The number of nitrogens with zero attached hydrogens (tertiary/aromatic N) is 1. The lowest BCUT2D eigenvalue weighted by Gasteiger charge is -2.03. The summed E-state index contributed by atoms with van der Waals surface area (Å²) >= 11 is 0. The van der Waals surface area contributed by atoms with E-state index in [0.717, 1.165) is 19.3 Å². The molecule has 0 aromatic heterocycles. The Kier molecular flexibility index (Phi) is 8.82. The standard InChI is InChI=1S/C11H21NO3/c1-3-5-6-7-8-9-10(12-14)11(13)15-4-2/h14H,3-9H2,1-2H3. The second-order valence-corrected chi connectivity index (χ2v) is 3.43. The van der Waals surface area contributed by atoms with E-state index in [1.54, 1.807) is 6.92 Å². The van der Waals surface area contributed by atoms with Gasteiger partial charge in [-0.1, -0.05) is 37.8 Å². The van der Waals surface area contributed by atoms with E-state index in [4.69, 9.17) is 9.94 Å². The highest BCUT2D eigenvalue weighted by atomic mass is 16.5. The molecule has 0 bridgehead atoms. The van der Waals surface area contributed by atoms with Crippen LogP contribution in [-0.4, -0.2) is 23.5 Å². The summed E-state index contributed by atoms with van der Waals surface area (Å²) < 4.78 is 4.74.